The highest BCUT2D eigenvalue weighted by Gasteiger charge is 2.20. The maximum atomic E-state index is 5.53. The molecule has 2 heterocycles. The lowest BCUT2D eigenvalue weighted by atomic mass is 9.95. The Kier molecular flexibility index (Phi) is 5.97. The van der Waals surface area contributed by atoms with Gasteiger partial charge in [0.05, 0.1) is 25.5 Å². The maximum absolute atomic E-state index is 5.53. The van der Waals surface area contributed by atoms with Crippen LogP contribution in [-0.2, 0) is 21.5 Å². The molecular formula is C21H30N4O2. The first-order valence-corrected chi connectivity index (χ1v) is 9.45. The normalized spacial score (nSPS) is 17.8. The van der Waals surface area contributed by atoms with E-state index in [1.54, 1.807) is 7.11 Å². The van der Waals surface area contributed by atoms with Gasteiger partial charge in [-0.15, -0.1) is 0 Å². The van der Waals surface area contributed by atoms with Crippen LogP contribution in [0.5, 0.6) is 0 Å². The smallest absolute Gasteiger partial charge is 0.136 e. The molecular weight excluding hydrogens is 340 g/mol. The molecule has 0 bridgehead atoms. The summed E-state index contributed by atoms with van der Waals surface area (Å²) < 4.78 is 10.8. The molecule has 1 atom stereocenters. The minimum absolute atomic E-state index is 0.128. The number of ether oxygens (including phenoxy) is 2. The lowest BCUT2D eigenvalue weighted by Crippen LogP contribution is -2.43. The van der Waals surface area contributed by atoms with E-state index < -0.39 is 0 Å². The summed E-state index contributed by atoms with van der Waals surface area (Å²) in [5.74, 6) is 1.59. The summed E-state index contributed by atoms with van der Waals surface area (Å²) in [7, 11) is 1.68. The van der Waals surface area contributed by atoms with Crippen LogP contribution in [0.4, 0.5) is 17.2 Å². The Hall–Kier alpha value is -2.18. The van der Waals surface area contributed by atoms with Crippen molar-refractivity contribution in [3.05, 3.63) is 41.9 Å². The molecule has 1 N–H and O–H groups in total. The van der Waals surface area contributed by atoms with Gasteiger partial charge in [-0.2, -0.15) is 0 Å². The van der Waals surface area contributed by atoms with Gasteiger partial charge in [-0.1, -0.05) is 20.8 Å². The van der Waals surface area contributed by atoms with Crippen molar-refractivity contribution in [1.82, 2.24) is 9.97 Å². The Morgan fingerprint density at radius 1 is 1.22 bits per heavy atom. The van der Waals surface area contributed by atoms with Crippen LogP contribution in [0.25, 0.3) is 0 Å². The molecule has 0 saturated carbocycles. The summed E-state index contributed by atoms with van der Waals surface area (Å²) in [4.78, 5) is 11.7. The van der Waals surface area contributed by atoms with Crippen molar-refractivity contribution >= 4 is 17.2 Å². The number of hydrogen-bond acceptors (Lipinski definition) is 6. The zero-order valence-electron chi connectivity index (χ0n) is 17.0. The molecule has 1 aromatic heterocycles. The summed E-state index contributed by atoms with van der Waals surface area (Å²) in [6, 6.07) is 10.8. The van der Waals surface area contributed by atoms with Crippen molar-refractivity contribution in [3.8, 4) is 0 Å². The van der Waals surface area contributed by atoms with Gasteiger partial charge in [0.2, 0.25) is 0 Å². The zero-order chi connectivity index (χ0) is 19.4. The van der Waals surface area contributed by atoms with Gasteiger partial charge in [0.15, 0.2) is 0 Å². The predicted molar refractivity (Wildman–Crippen MR) is 109 cm³/mol. The summed E-state index contributed by atoms with van der Waals surface area (Å²) in [5, 5.41) is 3.41. The number of rotatable bonds is 5. The van der Waals surface area contributed by atoms with Crippen LogP contribution >= 0.6 is 0 Å². The van der Waals surface area contributed by atoms with Crippen molar-refractivity contribution in [3.63, 3.8) is 0 Å². The fraction of sp³-hybridized carbons (Fsp3) is 0.524. The maximum Gasteiger partial charge on any atom is 0.136 e. The van der Waals surface area contributed by atoms with Gasteiger partial charge >= 0.3 is 0 Å². The highest BCUT2D eigenvalue weighted by Crippen LogP contribution is 2.25. The Morgan fingerprint density at radius 3 is 2.59 bits per heavy atom. The third-order valence-electron chi connectivity index (χ3n) is 4.58. The number of anilines is 3. The van der Waals surface area contributed by atoms with E-state index in [1.165, 1.54) is 5.69 Å². The van der Waals surface area contributed by atoms with Crippen LogP contribution in [-0.4, -0.2) is 42.9 Å². The largest absolute Gasteiger partial charge is 0.378 e. The highest BCUT2D eigenvalue weighted by atomic mass is 16.5. The number of nitrogens with one attached hydrogen (secondary N) is 1. The Morgan fingerprint density at radius 2 is 1.96 bits per heavy atom. The Balaban J connectivity index is 1.79. The van der Waals surface area contributed by atoms with Crippen molar-refractivity contribution in [2.45, 2.75) is 45.8 Å². The first-order chi connectivity index (χ1) is 12.9. The molecule has 6 nitrogen and oxygen atoms in total. The molecule has 6 heteroatoms. The number of aromatic nitrogens is 2. The molecule has 2 aromatic rings. The van der Waals surface area contributed by atoms with E-state index >= 15 is 0 Å². The molecule has 1 saturated heterocycles. The first-order valence-electron chi connectivity index (χ1n) is 9.45. The molecule has 0 spiro atoms. The van der Waals surface area contributed by atoms with Crippen LogP contribution < -0.4 is 10.2 Å². The average molecular weight is 370 g/mol. The minimum Gasteiger partial charge on any atom is -0.378 e. The van der Waals surface area contributed by atoms with Crippen molar-refractivity contribution in [1.29, 1.82) is 0 Å². The molecule has 3 rings (SSSR count). The van der Waals surface area contributed by atoms with Crippen LogP contribution in [0, 0.1) is 0 Å². The van der Waals surface area contributed by atoms with Gasteiger partial charge in [0, 0.05) is 42.6 Å². The van der Waals surface area contributed by atoms with Crippen LogP contribution in [0.2, 0.25) is 0 Å². The molecule has 1 fully saturated rings. The molecule has 1 unspecified atom stereocenters. The minimum atomic E-state index is -0.128. The first kappa shape index (κ1) is 19.6. The topological polar surface area (TPSA) is 59.5 Å². The number of morpholine rings is 1. The standard InChI is InChI=1S/C21H30N4O2/c1-15-13-27-11-10-25(15)18-8-6-16(7-9-18)22-19-12-17(14-26-5)23-20(24-19)21(2,3)4/h6-9,12,15H,10-11,13-14H2,1-5H3,(H,22,23,24). The van der Waals surface area contributed by atoms with E-state index in [9.17, 15) is 0 Å². The lowest BCUT2D eigenvalue weighted by Gasteiger charge is -2.35. The third kappa shape index (κ3) is 4.96. The number of nitrogens with zero attached hydrogens (tertiary/aromatic N) is 3. The van der Waals surface area contributed by atoms with Crippen LogP contribution in [0.3, 0.4) is 0 Å². The van der Waals surface area contributed by atoms with E-state index in [1.807, 2.05) is 6.07 Å². The monoisotopic (exact) mass is 370 g/mol. The van der Waals surface area contributed by atoms with Crippen molar-refractivity contribution in [2.24, 2.45) is 0 Å². The van der Waals surface area contributed by atoms with Crippen LogP contribution in [0.1, 0.15) is 39.2 Å². The fourth-order valence-electron chi connectivity index (χ4n) is 3.11. The second-order valence-electron chi connectivity index (χ2n) is 8.04. The fourth-order valence-corrected chi connectivity index (χ4v) is 3.11. The summed E-state index contributed by atoms with van der Waals surface area (Å²) in [6.45, 7) is 11.5. The summed E-state index contributed by atoms with van der Waals surface area (Å²) >= 11 is 0. The van der Waals surface area contributed by atoms with E-state index in [0.717, 1.165) is 42.8 Å². The van der Waals surface area contributed by atoms with Gasteiger partial charge < -0.3 is 19.7 Å². The van der Waals surface area contributed by atoms with Gasteiger partial charge in [-0.3, -0.25) is 0 Å². The molecule has 0 aliphatic carbocycles. The second kappa shape index (κ2) is 8.23. The molecule has 1 aromatic carbocycles. The molecule has 0 amide bonds. The molecule has 0 radical (unpaired) electrons. The Bertz CT molecular complexity index is 756. The summed E-state index contributed by atoms with van der Waals surface area (Å²) in [6.07, 6.45) is 0. The molecule has 1 aliphatic heterocycles. The van der Waals surface area contributed by atoms with Gasteiger partial charge in [0.1, 0.15) is 11.6 Å². The zero-order valence-corrected chi connectivity index (χ0v) is 17.0. The van der Waals surface area contributed by atoms with Gasteiger partial charge in [-0.05, 0) is 31.2 Å². The molecule has 1 aliphatic rings. The second-order valence-corrected chi connectivity index (χ2v) is 8.04. The van der Waals surface area contributed by atoms with Crippen molar-refractivity contribution < 1.29 is 9.47 Å². The predicted octanol–water partition coefficient (Wildman–Crippen LogP) is 3.89. The van der Waals surface area contributed by atoms with Crippen LogP contribution in [0.15, 0.2) is 30.3 Å². The quantitative estimate of drug-likeness (QED) is 0.862. The molecule has 27 heavy (non-hydrogen) atoms. The van der Waals surface area contributed by atoms with Crippen molar-refractivity contribution in [2.75, 3.05) is 37.1 Å². The SMILES string of the molecule is COCc1cc(Nc2ccc(N3CCOCC3C)cc2)nc(C(C)(C)C)n1. The van der Waals surface area contributed by atoms with Gasteiger partial charge in [-0.25, -0.2) is 9.97 Å². The lowest BCUT2D eigenvalue weighted by molar-refractivity contribution is 0.0989. The molecule has 146 valence electrons. The van der Waals surface area contributed by atoms with Gasteiger partial charge in [0.25, 0.3) is 0 Å². The summed E-state index contributed by atoms with van der Waals surface area (Å²) in [5.41, 5.74) is 2.96. The number of benzene rings is 1. The number of methoxy groups -OCH3 is 1. The van der Waals surface area contributed by atoms with E-state index in [0.29, 0.717) is 12.6 Å². The highest BCUT2D eigenvalue weighted by molar-refractivity contribution is 5.61. The van der Waals surface area contributed by atoms with E-state index in [-0.39, 0.29) is 5.41 Å². The average Bonchev–Trinajstić information content (AvgIpc) is 2.62. The number of hydrogen-bond donors (Lipinski definition) is 1. The van der Waals surface area contributed by atoms with E-state index in [4.69, 9.17) is 14.5 Å². The Labute approximate surface area is 161 Å². The third-order valence-corrected chi connectivity index (χ3v) is 4.58. The van der Waals surface area contributed by atoms with E-state index in [2.05, 4.69) is 67.2 Å².